The molecule has 0 aliphatic carbocycles. The Labute approximate surface area is 748 Å². The number of furan rings is 6. The molecule has 0 aliphatic heterocycles. The Morgan fingerprint density at radius 2 is 0.421 bits per heavy atom. The Hall–Kier alpha value is -18.1. The molecule has 0 aliphatic rings. The maximum absolute atomic E-state index is 6.77. The van der Waals surface area contributed by atoms with Crippen molar-refractivity contribution in [1.82, 2.24) is 22.3 Å². The molecule has 11 nitrogen and oxygen atoms in total. The first-order valence-corrected chi connectivity index (χ1v) is 45.4. The second-order valence-electron chi connectivity index (χ2n) is 36.1. The molecule has 0 bridgehead atoms. The van der Waals surface area contributed by atoms with E-state index in [1.807, 2.05) is 36.4 Å². The lowest BCUT2D eigenvalue weighted by atomic mass is 9.95. The molecule has 0 unspecified atom stereocenters. The van der Waals surface area contributed by atoms with Crippen molar-refractivity contribution in [2.45, 2.75) is 0 Å². The van der Waals surface area contributed by atoms with Crippen LogP contribution in [0.1, 0.15) is 0 Å². The molecule has 21 aromatic carbocycles. The van der Waals surface area contributed by atoms with Crippen LogP contribution in [0, 0.1) is 0 Å². The molecule has 133 heavy (non-hydrogen) atoms. The van der Waals surface area contributed by atoms with Crippen LogP contribution >= 0.6 is 0 Å². The summed E-state index contributed by atoms with van der Waals surface area (Å²) in [6.45, 7) is 0. The molecular formula is C122H63N5O6. The van der Waals surface area contributed by atoms with E-state index in [1.54, 1.807) is 0 Å². The van der Waals surface area contributed by atoms with Gasteiger partial charge in [0, 0.05) is 162 Å². The highest BCUT2D eigenvalue weighted by Gasteiger charge is 2.34. The normalized spacial score (nSPS) is 12.8. The maximum atomic E-state index is 6.77. The van der Waals surface area contributed by atoms with Crippen molar-refractivity contribution in [3.63, 3.8) is 0 Å². The minimum absolute atomic E-state index is 0.895. The van der Waals surface area contributed by atoms with Gasteiger partial charge < -0.3 is 48.8 Å². The molecule has 0 radical (unpaired) electrons. The molecule has 0 N–H and O–H groups in total. The van der Waals surface area contributed by atoms with Crippen LogP contribution in [0.4, 0.5) is 0 Å². The number of hydrogen-bond donors (Lipinski definition) is 0. The zero-order valence-electron chi connectivity index (χ0n) is 70.6. The highest BCUT2D eigenvalue weighted by molar-refractivity contribution is 6.43. The summed E-state index contributed by atoms with van der Waals surface area (Å²) in [6, 6.07) is 137. The minimum atomic E-state index is 0.895. The number of para-hydroxylation sites is 10. The van der Waals surface area contributed by atoms with Crippen LogP contribution in [0.25, 0.3) is 322 Å². The van der Waals surface area contributed by atoms with Crippen molar-refractivity contribution in [2.24, 2.45) is 0 Å². The second-order valence-corrected chi connectivity index (χ2v) is 36.1. The molecule has 35 aromatic rings. The summed E-state index contributed by atoms with van der Waals surface area (Å²) >= 11 is 0. The molecule has 11 heteroatoms. The number of nitrogens with zero attached hydrogens (tertiary/aromatic N) is 5. The third-order valence-electron chi connectivity index (χ3n) is 29.7. The first-order valence-electron chi connectivity index (χ1n) is 45.4. The fourth-order valence-corrected chi connectivity index (χ4v) is 24.4. The smallest absolute Gasteiger partial charge is 0.160 e. The van der Waals surface area contributed by atoms with Gasteiger partial charge >= 0.3 is 0 Å². The van der Waals surface area contributed by atoms with Crippen molar-refractivity contribution >= 4 is 311 Å². The highest BCUT2D eigenvalue weighted by atomic mass is 16.4. The van der Waals surface area contributed by atoms with Crippen molar-refractivity contribution in [2.75, 3.05) is 0 Å². The fraction of sp³-hybridized carbons (Fsp3) is 0. The van der Waals surface area contributed by atoms with E-state index in [1.165, 1.54) is 146 Å². The number of fused-ring (bicyclic) bond motifs is 54. The van der Waals surface area contributed by atoms with Crippen LogP contribution in [0.3, 0.4) is 0 Å². The van der Waals surface area contributed by atoms with E-state index < -0.39 is 0 Å². The summed E-state index contributed by atoms with van der Waals surface area (Å²) in [5.41, 5.74) is 28.1. The molecule has 0 saturated carbocycles. The fourth-order valence-electron chi connectivity index (χ4n) is 24.4. The van der Waals surface area contributed by atoms with Gasteiger partial charge in [-0.25, -0.2) is 0 Å². The van der Waals surface area contributed by atoms with Crippen LogP contribution < -0.4 is 0 Å². The van der Waals surface area contributed by atoms with Crippen LogP contribution in [0.15, 0.2) is 409 Å². The maximum Gasteiger partial charge on any atom is 0.160 e. The molecule has 14 aromatic heterocycles. The second kappa shape index (κ2) is 24.6. The number of benzene rings is 21. The zero-order chi connectivity index (χ0) is 85.7. The molecule has 0 atom stereocenters. The van der Waals surface area contributed by atoms with E-state index in [2.05, 4.69) is 368 Å². The van der Waals surface area contributed by atoms with Gasteiger partial charge in [0.05, 0.1) is 71.7 Å². The summed E-state index contributed by atoms with van der Waals surface area (Å²) in [7, 11) is 0. The van der Waals surface area contributed by atoms with Crippen molar-refractivity contribution in [3.8, 4) is 11.4 Å². The van der Waals surface area contributed by atoms with Gasteiger partial charge in [0.1, 0.15) is 33.5 Å². The number of aromatic nitrogens is 5. The quantitative estimate of drug-likeness (QED) is 0.160. The predicted molar refractivity (Wildman–Crippen MR) is 551 cm³/mol. The van der Waals surface area contributed by atoms with Gasteiger partial charge in [-0.1, -0.05) is 255 Å². The molecule has 612 valence electrons. The van der Waals surface area contributed by atoms with Gasteiger partial charge in [-0.3, -0.25) is 0 Å². The third kappa shape index (κ3) is 8.58. The Kier molecular flexibility index (Phi) is 12.8. The lowest BCUT2D eigenvalue weighted by Crippen LogP contribution is -1.93. The highest BCUT2D eigenvalue weighted by Crippen LogP contribution is 2.56. The Morgan fingerprint density at radius 1 is 0.135 bits per heavy atom. The summed E-state index contributed by atoms with van der Waals surface area (Å²) in [5, 5.41) is 38.1. The van der Waals surface area contributed by atoms with E-state index in [0.717, 1.165) is 176 Å². The van der Waals surface area contributed by atoms with E-state index in [4.69, 9.17) is 26.5 Å². The zero-order valence-corrected chi connectivity index (χ0v) is 70.6. The molecule has 0 spiro atoms. The van der Waals surface area contributed by atoms with Crippen LogP contribution in [-0.2, 0) is 0 Å². The molecular weight excluding hydrogens is 1630 g/mol. The Bertz CT molecular complexity index is 11400. The van der Waals surface area contributed by atoms with Crippen LogP contribution in [0.5, 0.6) is 0 Å². The van der Waals surface area contributed by atoms with Gasteiger partial charge in [-0.05, 0) is 149 Å². The molecule has 0 amide bonds. The molecule has 0 saturated heterocycles. The summed E-state index contributed by atoms with van der Waals surface area (Å²) in [6.07, 6.45) is 0. The standard InChI is InChI=1S/2C42H22N2O2.C38H19NO2/c1-2-10-23(11-3-1)43-32-15-7-4-14-29(32)36-33(43)22-31-26-18-19-27-24-12-5-8-16-34(24)45-41(27)39(26)44-38(31)37(36)30-21-20-28-25-13-6-9-17-35(25)46-42(28)40(30)44;1-2-10-23(11-3-1)43-33-15-7-4-12-24(33)31-22-32-27-18-19-28-25-13-5-8-16-34(25)45-41(28)39(27)44-38(32)36(37(31)43)30-21-20-29-26-14-6-9-17-35(26)46-42(29)40(30)44;1-2-8-21-20(7-1)13-14-24-29(21)19-30-25-15-16-26-22-9-3-5-11-31(22)40-37(26)35(25)39-34(30)33(24)28-18-17-27-23-10-4-6-12-32(23)41-38(27)36(28)39/h2*1-22H;1-19H. The van der Waals surface area contributed by atoms with E-state index in [0.29, 0.717) is 0 Å². The van der Waals surface area contributed by atoms with Gasteiger partial charge in [0.2, 0.25) is 0 Å². The van der Waals surface area contributed by atoms with Gasteiger partial charge in [0.25, 0.3) is 0 Å². The third-order valence-corrected chi connectivity index (χ3v) is 29.7. The van der Waals surface area contributed by atoms with Crippen LogP contribution in [0.2, 0.25) is 0 Å². The topological polar surface area (TPSA) is 102 Å². The SMILES string of the molecule is c1ccc(-n2c3ccccc3c3c4c5ccc6c7ccccc7oc6c5n5c6c(ccc7c8ccccc8oc76)c(cc32)c45)cc1.c1ccc(-n2c3ccccc3c3cc4c5ccc6c7ccccc7oc6c5n5c6c(ccc7c8ccccc8oc76)c(c32)c45)cc1.c1ccc2c(c1)ccc1c2cc2c3ccc4c5ccccc5oc4c3n3c4c(ccc5c6ccccc6oc54)c1c23. The average molecular weight is 1690 g/mol. The Morgan fingerprint density at radius 3 is 0.857 bits per heavy atom. The monoisotopic (exact) mass is 1690 g/mol. The van der Waals surface area contributed by atoms with Crippen LogP contribution in [-0.4, -0.2) is 22.3 Å². The summed E-state index contributed by atoms with van der Waals surface area (Å²) in [4.78, 5) is 0. The lowest BCUT2D eigenvalue weighted by Gasteiger charge is -2.09. The molecule has 14 heterocycles. The van der Waals surface area contributed by atoms with E-state index in [-0.39, 0.29) is 0 Å². The van der Waals surface area contributed by atoms with Gasteiger partial charge in [-0.15, -0.1) is 0 Å². The largest absolute Gasteiger partial charge is 0.454 e. The number of rotatable bonds is 2. The number of hydrogen-bond acceptors (Lipinski definition) is 6. The van der Waals surface area contributed by atoms with Gasteiger partial charge in [-0.2, -0.15) is 0 Å². The van der Waals surface area contributed by atoms with Crippen molar-refractivity contribution in [1.29, 1.82) is 0 Å². The first-order chi connectivity index (χ1) is 66.0. The summed E-state index contributed by atoms with van der Waals surface area (Å²) < 4.78 is 52.5. The molecule has 35 rings (SSSR count). The Balaban J connectivity index is 0.0000000905. The van der Waals surface area contributed by atoms with Crippen molar-refractivity contribution < 1.29 is 26.5 Å². The first kappa shape index (κ1) is 69.1. The average Bonchev–Trinajstić information content (AvgIpc) is 1.50. The van der Waals surface area contributed by atoms with E-state index >= 15 is 0 Å². The van der Waals surface area contributed by atoms with Gasteiger partial charge in [0.15, 0.2) is 33.5 Å². The van der Waals surface area contributed by atoms with Crippen molar-refractivity contribution in [3.05, 3.63) is 382 Å². The predicted octanol–water partition coefficient (Wildman–Crippen LogP) is 34.4. The lowest BCUT2D eigenvalue weighted by molar-refractivity contribution is 0.669. The minimum Gasteiger partial charge on any atom is -0.454 e. The molecule has 0 fully saturated rings. The summed E-state index contributed by atoms with van der Waals surface area (Å²) in [5.74, 6) is 0. The van der Waals surface area contributed by atoms with E-state index in [9.17, 15) is 0 Å².